The fourth-order valence-electron chi connectivity index (χ4n) is 22.3. The minimum absolute atomic E-state index is 0.167. The van der Waals surface area contributed by atoms with E-state index in [2.05, 4.69) is 254 Å². The molecule has 0 aliphatic heterocycles. The van der Waals surface area contributed by atoms with Crippen molar-refractivity contribution in [3.8, 4) is 44.5 Å². The van der Waals surface area contributed by atoms with Crippen molar-refractivity contribution in [2.24, 2.45) is 0 Å². The van der Waals surface area contributed by atoms with Crippen LogP contribution in [0.2, 0.25) is 0 Å². The van der Waals surface area contributed by atoms with Crippen LogP contribution in [0.4, 0.5) is 0 Å². The zero-order valence-corrected chi connectivity index (χ0v) is 66.9. The molecule has 9 aliphatic rings. The van der Waals surface area contributed by atoms with Gasteiger partial charge in [-0.3, -0.25) is 0 Å². The first-order chi connectivity index (χ1) is 51.1. The molecular weight excluding hydrogens is 1260 g/mol. The number of rotatable bonds is 21. The molecule has 0 amide bonds. The molecule has 0 heterocycles. The van der Waals surface area contributed by atoms with Crippen molar-refractivity contribution in [1.82, 2.24) is 0 Å². The maximum absolute atomic E-state index is 2.51. The van der Waals surface area contributed by atoms with Crippen LogP contribution in [0.1, 0.15) is 322 Å². The molecule has 1 spiro atoms. The van der Waals surface area contributed by atoms with Gasteiger partial charge in [-0.25, -0.2) is 0 Å². The summed E-state index contributed by atoms with van der Waals surface area (Å²) >= 11 is 0. The number of allylic oxidation sites excluding steroid dienone is 4. The first-order valence-corrected chi connectivity index (χ1v) is 42.2. The van der Waals surface area contributed by atoms with Crippen LogP contribution in [-0.4, -0.2) is 0 Å². The number of unbranched alkanes of at least 4 members (excludes halogenated alkanes) is 15. The maximum atomic E-state index is 2.51. The molecule has 4 atom stereocenters. The standard InChI is InChI=1S/C30H34.2C27H34.C21H20/c1-4-5-6-7-8-11-18-30-19-12-15-24-22(3)23-13-9-10-14-25(23)28(29(24)30)26-17-16-21(2)20-27(26)30;1-5-6-7-8-9-10-17-27-18-11-12-22-20(3)14-16-24(26(22)27)23-15-13-19(2)21(4)25(23)27;1-5-6-7-8-9-10-15-27-16-11-12-22-19(2)13-14-23(26(22)27)24-17-20(3)21(4)18-25(24)27;1-13-7-9-17-18-10-8-14(2)16-6-4-12-21(20(16)18)11-3-5-15(13)19(17)21/h9-10,12-17,20H,4-8,11,18-19H2,1-3H3;11-16H,5-10,17-18H2,1-4H3;11-14,17-18H,5-10,15-16H2,1-4H3;3,5,7-10H,4,6,11-12H2,1-2H3. The van der Waals surface area contributed by atoms with Crippen LogP contribution < -0.4 is 0 Å². The summed E-state index contributed by atoms with van der Waals surface area (Å²) < 4.78 is 0. The molecule has 9 aliphatic carbocycles. The van der Waals surface area contributed by atoms with Crippen LogP contribution in [0.5, 0.6) is 0 Å². The topological polar surface area (TPSA) is 0 Å². The second kappa shape index (κ2) is 30.1. The lowest BCUT2D eigenvalue weighted by Gasteiger charge is -2.39. The van der Waals surface area contributed by atoms with Crippen LogP contribution in [0.15, 0.2) is 140 Å². The lowest BCUT2D eigenvalue weighted by Crippen LogP contribution is -2.32. The van der Waals surface area contributed by atoms with E-state index in [0.717, 1.165) is 6.42 Å². The van der Waals surface area contributed by atoms with Crippen LogP contribution >= 0.6 is 0 Å². The van der Waals surface area contributed by atoms with Crippen LogP contribution in [0.3, 0.4) is 0 Å². The van der Waals surface area contributed by atoms with E-state index in [9.17, 15) is 0 Å². The van der Waals surface area contributed by atoms with Gasteiger partial charge in [0.05, 0.1) is 0 Å². The number of benzene rings is 9. The summed E-state index contributed by atoms with van der Waals surface area (Å²) in [4.78, 5) is 0. The van der Waals surface area contributed by atoms with Crippen LogP contribution in [0, 0.1) is 69.2 Å². The lowest BCUT2D eigenvalue weighted by molar-refractivity contribution is 0.437. The van der Waals surface area contributed by atoms with Crippen molar-refractivity contribution in [1.29, 1.82) is 0 Å². The predicted octanol–water partition coefficient (Wildman–Crippen LogP) is 30.3. The Bertz CT molecular complexity index is 4950. The zero-order chi connectivity index (χ0) is 72.9. The van der Waals surface area contributed by atoms with E-state index in [-0.39, 0.29) is 16.2 Å². The first-order valence-electron chi connectivity index (χ1n) is 42.2. The highest BCUT2D eigenvalue weighted by Crippen LogP contribution is 2.64. The van der Waals surface area contributed by atoms with Gasteiger partial charge in [-0.05, 0) is 311 Å². The largest absolute Gasteiger partial charge is 0.0827 e. The molecule has 0 bridgehead atoms. The van der Waals surface area contributed by atoms with Crippen molar-refractivity contribution in [2.75, 3.05) is 0 Å². The molecule has 542 valence electrons. The minimum Gasteiger partial charge on any atom is -0.0827 e. The molecule has 0 heteroatoms. The number of fused-ring (bicyclic) bond motifs is 12. The van der Waals surface area contributed by atoms with E-state index >= 15 is 0 Å². The summed E-state index contributed by atoms with van der Waals surface area (Å²) in [5.74, 6) is 0. The highest BCUT2D eigenvalue weighted by molar-refractivity contribution is 6.07. The summed E-state index contributed by atoms with van der Waals surface area (Å²) in [5.41, 5.74) is 48.1. The first kappa shape index (κ1) is 72.7. The number of aryl methyl sites for hydroxylation is 9. The van der Waals surface area contributed by atoms with Crippen LogP contribution in [-0.2, 0) is 28.1 Å². The fraction of sp³-hybridized carbons (Fsp3) is 0.429. The minimum atomic E-state index is 0.167. The Hall–Kier alpha value is -7.80. The Morgan fingerprint density at radius 2 is 0.733 bits per heavy atom. The molecule has 0 N–H and O–H groups in total. The maximum Gasteiger partial charge on any atom is 0.0258 e. The van der Waals surface area contributed by atoms with Gasteiger partial charge in [-0.2, -0.15) is 0 Å². The highest BCUT2D eigenvalue weighted by atomic mass is 14.5. The second-order valence-corrected chi connectivity index (χ2v) is 34.4. The van der Waals surface area contributed by atoms with Gasteiger partial charge in [0.2, 0.25) is 0 Å². The number of hydrogen-bond donors (Lipinski definition) is 0. The Kier molecular flexibility index (Phi) is 20.9. The third-order valence-corrected chi connectivity index (χ3v) is 28.0. The molecule has 18 rings (SSSR count). The van der Waals surface area contributed by atoms with Crippen molar-refractivity contribution in [3.05, 3.63) is 268 Å². The van der Waals surface area contributed by atoms with Crippen molar-refractivity contribution in [2.45, 2.75) is 291 Å². The third-order valence-electron chi connectivity index (χ3n) is 28.0. The monoisotopic (exact) mass is 1380 g/mol. The molecule has 0 aromatic heterocycles. The molecule has 0 fully saturated rings. The van der Waals surface area contributed by atoms with Crippen molar-refractivity contribution < 1.29 is 0 Å². The summed E-state index contributed by atoms with van der Waals surface area (Å²) in [5, 5.41) is 2.86. The van der Waals surface area contributed by atoms with Gasteiger partial charge >= 0.3 is 0 Å². The molecule has 9 aromatic rings. The summed E-state index contributed by atoms with van der Waals surface area (Å²) in [7, 11) is 0. The summed E-state index contributed by atoms with van der Waals surface area (Å²) in [6.45, 7) is 29.8. The van der Waals surface area contributed by atoms with Gasteiger partial charge in [0.25, 0.3) is 0 Å². The average Bonchev–Trinajstić information content (AvgIpc) is 1.54. The molecule has 0 saturated carbocycles. The van der Waals surface area contributed by atoms with E-state index in [1.165, 1.54) is 307 Å². The van der Waals surface area contributed by atoms with Gasteiger partial charge in [0.15, 0.2) is 0 Å². The zero-order valence-electron chi connectivity index (χ0n) is 66.9. The van der Waals surface area contributed by atoms with Gasteiger partial charge in [0.1, 0.15) is 0 Å². The Balaban J connectivity index is 0.000000113. The average molecular weight is 1380 g/mol. The second-order valence-electron chi connectivity index (χ2n) is 34.4. The van der Waals surface area contributed by atoms with E-state index in [0.29, 0.717) is 5.41 Å². The van der Waals surface area contributed by atoms with Crippen molar-refractivity contribution in [3.63, 3.8) is 0 Å². The summed E-state index contributed by atoms with van der Waals surface area (Å²) in [6.07, 6.45) is 56.5. The fourth-order valence-corrected chi connectivity index (χ4v) is 22.3. The van der Waals surface area contributed by atoms with Gasteiger partial charge in [-0.15, -0.1) is 0 Å². The van der Waals surface area contributed by atoms with E-state index in [1.54, 1.807) is 50.1 Å². The van der Waals surface area contributed by atoms with Crippen LogP contribution in [0.25, 0.3) is 79.6 Å². The van der Waals surface area contributed by atoms with E-state index in [1.807, 2.05) is 0 Å². The molecular formula is C105H122. The van der Waals surface area contributed by atoms with Crippen molar-refractivity contribution >= 4 is 35.1 Å². The molecule has 9 aromatic carbocycles. The van der Waals surface area contributed by atoms with Gasteiger partial charge in [-0.1, -0.05) is 306 Å². The van der Waals surface area contributed by atoms with Gasteiger partial charge in [0, 0.05) is 21.7 Å². The summed E-state index contributed by atoms with van der Waals surface area (Å²) in [6, 6.07) is 44.8. The third kappa shape index (κ3) is 12.3. The Morgan fingerprint density at radius 3 is 1.33 bits per heavy atom. The SMILES string of the molecule is CCCCCCCCC12CC=Cc3c(C)ccc(c31)-c1cc(C)c(C)cc12.CCCCCCCCC12CC=Cc3c(C)ccc(c31)-c1ccc(C)c(C)c12.CCCCCCCCC12CC=Cc3c1c(c1ccccc1c3C)-c1ccc(C)cc12.Cc1ccc2c3c1C=CCC31CCCc3c(C)ccc-2c31. The predicted molar refractivity (Wildman–Crippen MR) is 457 cm³/mol. The highest BCUT2D eigenvalue weighted by Gasteiger charge is 2.51. The lowest BCUT2D eigenvalue weighted by atomic mass is 9.63. The van der Waals surface area contributed by atoms with Gasteiger partial charge < -0.3 is 0 Å². The quantitative estimate of drug-likeness (QED) is 0.0629. The Labute approximate surface area is 634 Å². The molecule has 0 saturated heterocycles. The Morgan fingerprint density at radius 1 is 0.305 bits per heavy atom. The molecule has 105 heavy (non-hydrogen) atoms. The van der Waals surface area contributed by atoms with E-state index in [4.69, 9.17) is 0 Å². The molecule has 4 unspecified atom stereocenters. The molecule has 0 radical (unpaired) electrons. The van der Waals surface area contributed by atoms with E-state index < -0.39 is 0 Å². The normalized spacial score (nSPS) is 20.0. The number of hydrogen-bond acceptors (Lipinski definition) is 0. The molecule has 0 nitrogen and oxygen atoms in total. The smallest absolute Gasteiger partial charge is 0.0258 e.